The van der Waals surface area contributed by atoms with Crippen molar-refractivity contribution in [2.24, 2.45) is 10.8 Å². The van der Waals surface area contributed by atoms with Crippen LogP contribution < -0.4 is 10.4 Å². The standard InChI is InChI=1S/C48H60O7Si/c1-46(2,3)56(41-25-14-7-15-26-41,42-27-16-8-17-28-42)55-36-35-47(30-18-9-19-31-47)33-34-48(32-20-29-43(49)52-4,37-53-44(50)39-21-10-5-11-22-39)38-54-45(51)40-23-12-6-13-24-40/h5-8,10-17,21-28H,9,18-20,29-38H2,1-4H3. The first kappa shape index (κ1) is 42.6. The van der Waals surface area contributed by atoms with Gasteiger partial charge in [-0.3, -0.25) is 4.79 Å². The van der Waals surface area contributed by atoms with Crippen LogP contribution in [-0.2, 0) is 23.4 Å². The molecule has 0 spiro atoms. The summed E-state index contributed by atoms with van der Waals surface area (Å²) in [5.74, 6) is -1.16. The summed E-state index contributed by atoms with van der Waals surface area (Å²) in [5.41, 5.74) is 0.180. The van der Waals surface area contributed by atoms with Crippen LogP contribution in [0.15, 0.2) is 121 Å². The average molecular weight is 777 g/mol. The van der Waals surface area contributed by atoms with Crippen LogP contribution in [0.2, 0.25) is 5.04 Å². The van der Waals surface area contributed by atoms with E-state index in [1.165, 1.54) is 23.9 Å². The third-order valence-corrected chi connectivity index (χ3v) is 16.9. The zero-order chi connectivity index (χ0) is 39.9. The zero-order valence-corrected chi connectivity index (χ0v) is 34.8. The number of methoxy groups -OCH3 is 1. The van der Waals surface area contributed by atoms with E-state index >= 15 is 0 Å². The second-order valence-corrected chi connectivity index (χ2v) is 20.9. The Hall–Kier alpha value is -4.53. The Kier molecular flexibility index (Phi) is 15.3. The Morgan fingerprint density at radius 1 is 0.625 bits per heavy atom. The highest BCUT2D eigenvalue weighted by atomic mass is 28.4. The van der Waals surface area contributed by atoms with Crippen LogP contribution in [0.4, 0.5) is 0 Å². The van der Waals surface area contributed by atoms with Crippen molar-refractivity contribution in [1.29, 1.82) is 0 Å². The Labute approximate surface area is 335 Å². The lowest BCUT2D eigenvalue weighted by Gasteiger charge is -2.45. The summed E-state index contributed by atoms with van der Waals surface area (Å²) >= 11 is 0. The largest absolute Gasteiger partial charge is 0.469 e. The second kappa shape index (κ2) is 20.1. The molecule has 1 fully saturated rings. The molecule has 4 aromatic carbocycles. The van der Waals surface area contributed by atoms with Crippen LogP contribution in [0.3, 0.4) is 0 Å². The molecule has 8 heteroatoms. The molecule has 0 saturated heterocycles. The van der Waals surface area contributed by atoms with E-state index in [1.807, 2.05) is 36.4 Å². The van der Waals surface area contributed by atoms with E-state index < -0.39 is 25.7 Å². The van der Waals surface area contributed by atoms with Crippen LogP contribution in [0.25, 0.3) is 0 Å². The summed E-state index contributed by atoms with van der Waals surface area (Å²) in [4.78, 5) is 39.1. The number of carbonyl (C=O) groups excluding carboxylic acids is 3. The quantitative estimate of drug-likeness (QED) is 0.0533. The molecule has 0 heterocycles. The van der Waals surface area contributed by atoms with Gasteiger partial charge in [0, 0.05) is 18.4 Å². The third-order valence-electron chi connectivity index (χ3n) is 11.8. The second-order valence-electron chi connectivity index (χ2n) is 16.6. The minimum atomic E-state index is -2.73. The fourth-order valence-corrected chi connectivity index (χ4v) is 13.1. The minimum Gasteiger partial charge on any atom is -0.469 e. The molecule has 298 valence electrons. The molecule has 1 aliphatic rings. The van der Waals surface area contributed by atoms with Crippen molar-refractivity contribution in [3.63, 3.8) is 0 Å². The fraction of sp³-hybridized carbons (Fsp3) is 0.438. The molecule has 0 unspecified atom stereocenters. The van der Waals surface area contributed by atoms with Gasteiger partial charge in [0.15, 0.2) is 0 Å². The Morgan fingerprint density at radius 2 is 1.09 bits per heavy atom. The first-order valence-electron chi connectivity index (χ1n) is 20.3. The van der Waals surface area contributed by atoms with Gasteiger partial charge in [-0.05, 0) is 90.0 Å². The van der Waals surface area contributed by atoms with E-state index in [-0.39, 0.29) is 36.1 Å². The third kappa shape index (κ3) is 11.1. The Balaban J connectivity index is 1.43. The molecule has 0 bridgehead atoms. The molecular weight excluding hydrogens is 717 g/mol. The summed E-state index contributed by atoms with van der Waals surface area (Å²) in [6, 6.07) is 39.4. The van der Waals surface area contributed by atoms with Crippen molar-refractivity contribution >= 4 is 36.6 Å². The lowest BCUT2D eigenvalue weighted by atomic mass is 9.66. The van der Waals surface area contributed by atoms with Crippen molar-refractivity contribution in [2.75, 3.05) is 26.9 Å². The zero-order valence-electron chi connectivity index (χ0n) is 33.8. The molecular formula is C48H60O7Si. The molecule has 0 N–H and O–H groups in total. The molecule has 4 aromatic rings. The Bertz CT molecular complexity index is 1710. The number of rotatable bonds is 19. The van der Waals surface area contributed by atoms with Crippen LogP contribution >= 0.6 is 0 Å². The van der Waals surface area contributed by atoms with Gasteiger partial charge in [-0.25, -0.2) is 9.59 Å². The normalized spacial score (nSPS) is 14.4. The van der Waals surface area contributed by atoms with Crippen molar-refractivity contribution in [3.8, 4) is 0 Å². The van der Waals surface area contributed by atoms with Gasteiger partial charge in [0.1, 0.15) is 13.2 Å². The van der Waals surface area contributed by atoms with Crippen molar-refractivity contribution in [3.05, 3.63) is 132 Å². The fourth-order valence-electron chi connectivity index (χ4n) is 8.56. The highest BCUT2D eigenvalue weighted by Crippen LogP contribution is 2.47. The average Bonchev–Trinajstić information content (AvgIpc) is 3.23. The van der Waals surface area contributed by atoms with Crippen molar-refractivity contribution in [1.82, 2.24) is 0 Å². The van der Waals surface area contributed by atoms with Gasteiger partial charge in [-0.15, -0.1) is 0 Å². The summed E-state index contributed by atoms with van der Waals surface area (Å²) in [6.45, 7) is 7.66. The highest BCUT2D eigenvalue weighted by molar-refractivity contribution is 6.99. The molecule has 7 nitrogen and oxygen atoms in total. The summed E-state index contributed by atoms with van der Waals surface area (Å²) < 4.78 is 24.6. The maximum atomic E-state index is 13.4. The van der Waals surface area contributed by atoms with Crippen LogP contribution in [-0.4, -0.2) is 53.2 Å². The van der Waals surface area contributed by atoms with Crippen LogP contribution in [0, 0.1) is 10.8 Å². The van der Waals surface area contributed by atoms with Gasteiger partial charge in [-0.1, -0.05) is 137 Å². The van der Waals surface area contributed by atoms with E-state index in [9.17, 15) is 14.4 Å². The highest BCUT2D eigenvalue weighted by Gasteiger charge is 2.50. The number of benzene rings is 4. The van der Waals surface area contributed by atoms with Gasteiger partial charge in [0.2, 0.25) is 0 Å². The molecule has 0 amide bonds. The number of hydrogen-bond acceptors (Lipinski definition) is 7. The predicted octanol–water partition coefficient (Wildman–Crippen LogP) is 9.73. The lowest BCUT2D eigenvalue weighted by molar-refractivity contribution is -0.141. The first-order valence-corrected chi connectivity index (χ1v) is 22.2. The predicted molar refractivity (Wildman–Crippen MR) is 225 cm³/mol. The maximum absolute atomic E-state index is 13.4. The van der Waals surface area contributed by atoms with Crippen LogP contribution in [0.1, 0.15) is 112 Å². The van der Waals surface area contributed by atoms with E-state index in [4.69, 9.17) is 18.6 Å². The topological polar surface area (TPSA) is 88.1 Å². The van der Waals surface area contributed by atoms with Crippen molar-refractivity contribution in [2.45, 2.75) is 96.4 Å². The first-order chi connectivity index (χ1) is 27.0. The monoisotopic (exact) mass is 776 g/mol. The van der Waals surface area contributed by atoms with Gasteiger partial charge in [0.25, 0.3) is 8.32 Å². The van der Waals surface area contributed by atoms with Crippen LogP contribution in [0.5, 0.6) is 0 Å². The number of hydrogen-bond donors (Lipinski definition) is 0. The Morgan fingerprint density at radius 3 is 1.54 bits per heavy atom. The van der Waals surface area contributed by atoms with E-state index in [1.54, 1.807) is 24.3 Å². The number of carbonyl (C=O) groups is 3. The molecule has 56 heavy (non-hydrogen) atoms. The lowest BCUT2D eigenvalue weighted by Crippen LogP contribution is -2.66. The number of esters is 3. The summed E-state index contributed by atoms with van der Waals surface area (Å²) in [5, 5.41) is 2.40. The summed E-state index contributed by atoms with van der Waals surface area (Å²) in [6.07, 6.45) is 9.25. The molecule has 0 radical (unpaired) electrons. The maximum Gasteiger partial charge on any atom is 0.338 e. The van der Waals surface area contributed by atoms with E-state index in [2.05, 4.69) is 81.4 Å². The van der Waals surface area contributed by atoms with Gasteiger partial charge in [-0.2, -0.15) is 0 Å². The molecule has 0 aromatic heterocycles. The molecule has 0 atom stereocenters. The summed E-state index contributed by atoms with van der Waals surface area (Å²) in [7, 11) is -1.34. The van der Waals surface area contributed by atoms with Gasteiger partial charge >= 0.3 is 17.9 Å². The minimum absolute atomic E-state index is 0.00979. The number of ether oxygens (including phenoxy) is 3. The SMILES string of the molecule is COC(=O)CCCC(CCC1(CCO[Si](c2ccccc2)(c2ccccc2)C(C)(C)C)CCCCC1)(COC(=O)c1ccccc1)COC(=O)c1ccccc1. The van der Waals surface area contributed by atoms with Crippen molar-refractivity contribution < 1.29 is 33.0 Å². The molecule has 1 saturated carbocycles. The van der Waals surface area contributed by atoms with Gasteiger partial charge < -0.3 is 18.6 Å². The van der Waals surface area contributed by atoms with Gasteiger partial charge in [0.05, 0.1) is 18.2 Å². The van der Waals surface area contributed by atoms with E-state index in [0.717, 1.165) is 38.5 Å². The molecule has 1 aliphatic carbocycles. The molecule has 5 rings (SSSR count). The smallest absolute Gasteiger partial charge is 0.338 e. The van der Waals surface area contributed by atoms with E-state index in [0.29, 0.717) is 37.0 Å². The molecule has 0 aliphatic heterocycles.